The van der Waals surface area contributed by atoms with Crippen LogP contribution in [0.5, 0.6) is 0 Å². The predicted octanol–water partition coefficient (Wildman–Crippen LogP) is 3.03. The third-order valence-corrected chi connectivity index (χ3v) is 5.83. The molecule has 2 heterocycles. The average Bonchev–Trinajstić information content (AvgIpc) is 2.92. The Morgan fingerprint density at radius 1 is 0.882 bits per heavy atom. The topological polar surface area (TPSA) is 40.5 Å². The van der Waals surface area contributed by atoms with E-state index in [2.05, 4.69) is 22.9 Å². The highest BCUT2D eigenvalue weighted by Crippen LogP contribution is 2.39. The summed E-state index contributed by atoms with van der Waals surface area (Å²) in [6, 6.07) is 4.14. The zero-order chi connectivity index (χ0) is 12.1. The van der Waals surface area contributed by atoms with E-state index in [1.807, 2.05) is 0 Å². The Bertz CT molecular complexity index is 420. The van der Waals surface area contributed by atoms with E-state index in [-0.39, 0.29) is 13.2 Å². The van der Waals surface area contributed by atoms with Crippen molar-refractivity contribution in [2.45, 2.75) is 21.3 Å². The summed E-state index contributed by atoms with van der Waals surface area (Å²) in [7, 11) is 0. The van der Waals surface area contributed by atoms with Gasteiger partial charge in [0.15, 0.2) is 0 Å². The fourth-order valence-electron chi connectivity index (χ4n) is 1.52. The average molecular weight is 286 g/mol. The number of hydrogen-bond acceptors (Lipinski definition) is 5. The lowest BCUT2D eigenvalue weighted by Crippen LogP contribution is -1.90. The van der Waals surface area contributed by atoms with Gasteiger partial charge in [-0.2, -0.15) is 0 Å². The second-order valence-electron chi connectivity index (χ2n) is 3.52. The molecule has 0 amide bonds. The number of rotatable bonds is 6. The first-order valence-corrected chi connectivity index (χ1v) is 7.95. The second kappa shape index (κ2) is 6.56. The molecule has 17 heavy (non-hydrogen) atoms. The number of thiophene rings is 2. The Morgan fingerprint density at radius 3 is 1.76 bits per heavy atom. The van der Waals surface area contributed by atoms with Gasteiger partial charge in [0.05, 0.1) is 8.42 Å². The molecule has 0 fully saturated rings. The van der Waals surface area contributed by atoms with Gasteiger partial charge in [-0.05, 0) is 46.9 Å². The molecule has 2 nitrogen and oxygen atoms in total. The zero-order valence-electron chi connectivity index (χ0n) is 9.26. The first kappa shape index (κ1) is 13.1. The normalized spacial score (nSPS) is 10.9. The van der Waals surface area contributed by atoms with Crippen LogP contribution < -0.4 is 0 Å². The van der Waals surface area contributed by atoms with Gasteiger partial charge >= 0.3 is 0 Å². The van der Waals surface area contributed by atoms with Crippen LogP contribution in [-0.4, -0.2) is 23.4 Å². The van der Waals surface area contributed by atoms with Crippen LogP contribution in [0.4, 0.5) is 0 Å². The first-order valence-electron chi connectivity index (χ1n) is 5.37. The van der Waals surface area contributed by atoms with Gasteiger partial charge in [0.1, 0.15) is 0 Å². The van der Waals surface area contributed by atoms with Crippen LogP contribution in [0.2, 0.25) is 0 Å². The molecule has 2 aromatic heterocycles. The molecule has 0 saturated heterocycles. The molecule has 0 aliphatic carbocycles. The quantitative estimate of drug-likeness (QED) is 0.857. The van der Waals surface area contributed by atoms with Crippen molar-refractivity contribution in [3.63, 3.8) is 0 Å². The third kappa shape index (κ3) is 3.33. The molecule has 0 radical (unpaired) electrons. The van der Waals surface area contributed by atoms with Crippen LogP contribution in [-0.2, 0) is 12.8 Å². The molecule has 2 aromatic rings. The monoisotopic (exact) mass is 286 g/mol. The first-order chi connectivity index (χ1) is 8.35. The highest BCUT2D eigenvalue weighted by atomic mass is 32.2. The van der Waals surface area contributed by atoms with Gasteiger partial charge in [-0.15, -0.1) is 22.7 Å². The van der Waals surface area contributed by atoms with Gasteiger partial charge in [0.2, 0.25) is 0 Å². The zero-order valence-corrected chi connectivity index (χ0v) is 11.7. The summed E-state index contributed by atoms with van der Waals surface area (Å²) in [6.07, 6.45) is 1.43. The minimum atomic E-state index is 0.193. The van der Waals surface area contributed by atoms with Crippen molar-refractivity contribution in [3.05, 3.63) is 34.0 Å². The van der Waals surface area contributed by atoms with Crippen molar-refractivity contribution in [1.82, 2.24) is 0 Å². The van der Waals surface area contributed by atoms with E-state index in [0.717, 1.165) is 0 Å². The summed E-state index contributed by atoms with van der Waals surface area (Å²) in [6.45, 7) is 0.385. The summed E-state index contributed by atoms with van der Waals surface area (Å²) in [5, 5.41) is 22.1. The molecule has 0 unspecified atom stereocenters. The standard InChI is InChI=1S/C12H14O2S3/c13-5-1-9-3-7-15-11(9)17-12-10(2-6-14)4-8-16-12/h3-4,7-8,13-14H,1-2,5-6H2. The Labute approximate surface area is 113 Å². The van der Waals surface area contributed by atoms with Gasteiger partial charge in [-0.1, -0.05) is 11.8 Å². The molecule has 2 N–H and O–H groups in total. The fraction of sp³-hybridized carbons (Fsp3) is 0.333. The Balaban J connectivity index is 2.13. The van der Waals surface area contributed by atoms with Gasteiger partial charge in [-0.25, -0.2) is 0 Å². The molecule has 0 saturated carbocycles. The molecule has 0 aliphatic rings. The van der Waals surface area contributed by atoms with Crippen molar-refractivity contribution < 1.29 is 10.2 Å². The summed E-state index contributed by atoms with van der Waals surface area (Å²) in [5.41, 5.74) is 2.43. The van der Waals surface area contributed by atoms with Crippen molar-refractivity contribution in [2.75, 3.05) is 13.2 Å². The van der Waals surface area contributed by atoms with Gasteiger partial charge in [0.25, 0.3) is 0 Å². The predicted molar refractivity (Wildman–Crippen MR) is 74.3 cm³/mol. The largest absolute Gasteiger partial charge is 0.396 e. The highest BCUT2D eigenvalue weighted by molar-refractivity contribution is 8.03. The summed E-state index contributed by atoms with van der Waals surface area (Å²) in [5.74, 6) is 0. The van der Waals surface area contributed by atoms with E-state index in [0.29, 0.717) is 12.8 Å². The molecule has 0 bridgehead atoms. The number of aliphatic hydroxyl groups is 2. The smallest absolute Gasteiger partial charge is 0.0687 e. The molecular weight excluding hydrogens is 272 g/mol. The lowest BCUT2D eigenvalue weighted by molar-refractivity contribution is 0.299. The molecule has 92 valence electrons. The fourth-order valence-corrected chi connectivity index (χ4v) is 5.02. The molecule has 2 rings (SSSR count). The lowest BCUT2D eigenvalue weighted by Gasteiger charge is -2.03. The Kier molecular flexibility index (Phi) is 5.06. The van der Waals surface area contributed by atoms with Crippen molar-refractivity contribution in [1.29, 1.82) is 0 Å². The molecular formula is C12H14O2S3. The van der Waals surface area contributed by atoms with E-state index >= 15 is 0 Å². The molecule has 5 heteroatoms. The minimum absolute atomic E-state index is 0.193. The maximum Gasteiger partial charge on any atom is 0.0687 e. The molecule has 0 spiro atoms. The highest BCUT2D eigenvalue weighted by Gasteiger charge is 2.10. The molecule has 0 atom stereocenters. The van der Waals surface area contributed by atoms with Crippen LogP contribution in [0.15, 0.2) is 31.3 Å². The maximum absolute atomic E-state index is 8.99. The molecule has 0 aliphatic heterocycles. The van der Waals surface area contributed by atoms with Crippen LogP contribution in [0.25, 0.3) is 0 Å². The maximum atomic E-state index is 8.99. The van der Waals surface area contributed by atoms with Crippen molar-refractivity contribution >= 4 is 34.4 Å². The third-order valence-electron chi connectivity index (χ3n) is 2.36. The van der Waals surface area contributed by atoms with E-state index < -0.39 is 0 Å². The van der Waals surface area contributed by atoms with Crippen molar-refractivity contribution in [3.8, 4) is 0 Å². The van der Waals surface area contributed by atoms with Gasteiger partial charge in [0, 0.05) is 13.2 Å². The van der Waals surface area contributed by atoms with E-state index in [4.69, 9.17) is 10.2 Å². The Hall–Kier alpha value is -0.330. The lowest BCUT2D eigenvalue weighted by atomic mass is 10.2. The summed E-state index contributed by atoms with van der Waals surface area (Å²) < 4.78 is 2.50. The Morgan fingerprint density at radius 2 is 1.35 bits per heavy atom. The van der Waals surface area contributed by atoms with Gasteiger partial charge in [-0.3, -0.25) is 0 Å². The second-order valence-corrected chi connectivity index (χ2v) is 6.89. The minimum Gasteiger partial charge on any atom is -0.396 e. The summed E-state index contributed by atoms with van der Waals surface area (Å²) >= 11 is 5.17. The SMILES string of the molecule is OCCc1ccsc1Sc1sccc1CCO. The van der Waals surface area contributed by atoms with Crippen LogP contribution in [0.1, 0.15) is 11.1 Å². The van der Waals surface area contributed by atoms with Crippen LogP contribution in [0, 0.1) is 0 Å². The summed E-state index contributed by atoms with van der Waals surface area (Å²) in [4.78, 5) is 0. The van der Waals surface area contributed by atoms with E-state index in [1.165, 1.54) is 19.5 Å². The molecule has 0 aromatic carbocycles. The van der Waals surface area contributed by atoms with E-state index in [1.54, 1.807) is 34.4 Å². The van der Waals surface area contributed by atoms with E-state index in [9.17, 15) is 0 Å². The van der Waals surface area contributed by atoms with Gasteiger partial charge < -0.3 is 10.2 Å². The van der Waals surface area contributed by atoms with Crippen molar-refractivity contribution in [2.24, 2.45) is 0 Å². The van der Waals surface area contributed by atoms with Crippen LogP contribution in [0.3, 0.4) is 0 Å². The van der Waals surface area contributed by atoms with Crippen LogP contribution >= 0.6 is 34.4 Å². The number of aliphatic hydroxyl groups excluding tert-OH is 2. The number of hydrogen-bond donors (Lipinski definition) is 2.